The van der Waals surface area contributed by atoms with E-state index in [-0.39, 0.29) is 0 Å². The molecule has 0 fully saturated rings. The molecule has 0 aliphatic carbocycles. The third-order valence-electron chi connectivity index (χ3n) is 2.32. The minimum Gasteiger partial charge on any atom is -0.471 e. The molecule has 0 saturated carbocycles. The van der Waals surface area contributed by atoms with E-state index in [2.05, 4.69) is 26.8 Å². The van der Waals surface area contributed by atoms with E-state index in [0.29, 0.717) is 11.5 Å². The van der Waals surface area contributed by atoms with E-state index in [4.69, 9.17) is 10.2 Å². The summed E-state index contributed by atoms with van der Waals surface area (Å²) in [6.45, 7) is 0. The summed E-state index contributed by atoms with van der Waals surface area (Å²) < 4.78 is 4.93. The van der Waals surface area contributed by atoms with Crippen LogP contribution in [0.1, 0.15) is 11.3 Å². The number of nitrogen functional groups attached to an aromatic ring is 1. The minimum absolute atomic E-state index is 0.447. The number of hydrogen-bond donors (Lipinski definition) is 2. The average Bonchev–Trinajstić information content (AvgIpc) is 2.95. The number of aromatic amines is 1. The van der Waals surface area contributed by atoms with Crippen molar-refractivity contribution >= 4 is 16.9 Å². The first kappa shape index (κ1) is 9.48. The Bertz CT molecular complexity index is 716. The summed E-state index contributed by atoms with van der Waals surface area (Å²) in [4.78, 5) is 11.1. The summed E-state index contributed by atoms with van der Waals surface area (Å²) in [5, 5.41) is 0.781. The van der Waals surface area contributed by atoms with Crippen molar-refractivity contribution in [2.45, 2.75) is 0 Å². The first-order valence-corrected chi connectivity index (χ1v) is 4.96. The van der Waals surface area contributed by atoms with Crippen molar-refractivity contribution in [2.75, 3.05) is 5.73 Å². The molecule has 0 radical (unpaired) electrons. The van der Waals surface area contributed by atoms with Gasteiger partial charge in [-0.2, -0.15) is 0 Å². The van der Waals surface area contributed by atoms with Crippen molar-refractivity contribution in [3.05, 3.63) is 42.2 Å². The van der Waals surface area contributed by atoms with Crippen molar-refractivity contribution in [1.29, 1.82) is 0 Å². The molecule has 0 saturated heterocycles. The second kappa shape index (κ2) is 3.68. The van der Waals surface area contributed by atoms with Crippen LogP contribution in [0, 0.1) is 11.8 Å². The summed E-state index contributed by atoms with van der Waals surface area (Å²) in [6.07, 6.45) is 4.59. The molecule has 5 heteroatoms. The van der Waals surface area contributed by atoms with Gasteiger partial charge in [0.2, 0.25) is 0 Å². The number of fused-ring (bicyclic) bond motifs is 1. The van der Waals surface area contributed by atoms with E-state index >= 15 is 0 Å². The molecule has 0 unspecified atom stereocenters. The van der Waals surface area contributed by atoms with Gasteiger partial charge < -0.3 is 15.1 Å². The average molecular weight is 224 g/mol. The van der Waals surface area contributed by atoms with Gasteiger partial charge in [-0.05, 0) is 18.1 Å². The van der Waals surface area contributed by atoms with Crippen LogP contribution < -0.4 is 5.73 Å². The molecule has 3 aromatic rings. The van der Waals surface area contributed by atoms with Crippen LogP contribution in [0.4, 0.5) is 5.82 Å². The van der Waals surface area contributed by atoms with Crippen molar-refractivity contribution in [1.82, 2.24) is 15.0 Å². The van der Waals surface area contributed by atoms with E-state index in [1.807, 2.05) is 6.07 Å². The maximum Gasteiger partial charge on any atom is 0.143 e. The normalized spacial score (nSPS) is 10.1. The number of nitrogens with zero attached hydrogens (tertiary/aromatic N) is 2. The second-order valence-electron chi connectivity index (χ2n) is 3.47. The Balaban J connectivity index is 2.05. The first-order chi connectivity index (χ1) is 8.33. The number of anilines is 1. The zero-order valence-corrected chi connectivity index (χ0v) is 8.77. The van der Waals surface area contributed by atoms with Gasteiger partial charge in [-0.25, -0.2) is 9.97 Å². The van der Waals surface area contributed by atoms with Crippen LogP contribution in [0.5, 0.6) is 0 Å². The summed E-state index contributed by atoms with van der Waals surface area (Å²) in [6, 6.07) is 3.63. The molecule has 3 aromatic heterocycles. The molecule has 17 heavy (non-hydrogen) atoms. The third-order valence-corrected chi connectivity index (χ3v) is 2.32. The standard InChI is InChI=1S/C12H8N4O/c13-11-10-5-9(16-12(10)15-7-14-11)2-1-8-3-4-17-6-8/h3-7H,(H3,13,14,15,16). The molecule has 0 spiro atoms. The monoisotopic (exact) mass is 224 g/mol. The predicted octanol–water partition coefficient (Wildman–Crippen LogP) is 1.53. The van der Waals surface area contributed by atoms with Crippen LogP contribution in [0.2, 0.25) is 0 Å². The highest BCUT2D eigenvalue weighted by atomic mass is 16.3. The Kier molecular flexibility index (Phi) is 2.06. The molecule has 0 aliphatic heterocycles. The van der Waals surface area contributed by atoms with E-state index in [9.17, 15) is 0 Å². The molecule has 82 valence electrons. The lowest BCUT2D eigenvalue weighted by Crippen LogP contribution is -1.90. The maximum atomic E-state index is 5.73. The predicted molar refractivity (Wildman–Crippen MR) is 63.0 cm³/mol. The fourth-order valence-electron chi connectivity index (χ4n) is 1.50. The van der Waals surface area contributed by atoms with Gasteiger partial charge in [0.1, 0.15) is 24.1 Å². The summed E-state index contributed by atoms with van der Waals surface area (Å²) in [5.41, 5.74) is 7.98. The van der Waals surface area contributed by atoms with Crippen molar-refractivity contribution < 1.29 is 4.42 Å². The molecule has 5 nitrogen and oxygen atoms in total. The van der Waals surface area contributed by atoms with Crippen LogP contribution >= 0.6 is 0 Å². The largest absolute Gasteiger partial charge is 0.471 e. The number of rotatable bonds is 0. The molecule has 0 bridgehead atoms. The highest BCUT2D eigenvalue weighted by Crippen LogP contribution is 2.16. The van der Waals surface area contributed by atoms with Crippen molar-refractivity contribution in [2.24, 2.45) is 0 Å². The number of H-pyrrole nitrogens is 1. The van der Waals surface area contributed by atoms with E-state index in [0.717, 1.165) is 16.6 Å². The molecule has 3 heterocycles. The van der Waals surface area contributed by atoms with Crippen LogP contribution in [-0.2, 0) is 0 Å². The van der Waals surface area contributed by atoms with Gasteiger partial charge in [0, 0.05) is 0 Å². The zero-order chi connectivity index (χ0) is 11.7. The van der Waals surface area contributed by atoms with E-state index in [1.165, 1.54) is 6.33 Å². The van der Waals surface area contributed by atoms with Crippen LogP contribution in [-0.4, -0.2) is 15.0 Å². The number of furan rings is 1. The summed E-state index contributed by atoms with van der Waals surface area (Å²) >= 11 is 0. The zero-order valence-electron chi connectivity index (χ0n) is 8.77. The Morgan fingerprint density at radius 2 is 2.24 bits per heavy atom. The maximum absolute atomic E-state index is 5.73. The minimum atomic E-state index is 0.447. The Labute approximate surface area is 96.7 Å². The van der Waals surface area contributed by atoms with E-state index in [1.54, 1.807) is 18.6 Å². The van der Waals surface area contributed by atoms with Crippen LogP contribution in [0.15, 0.2) is 35.4 Å². The highest BCUT2D eigenvalue weighted by Gasteiger charge is 2.03. The van der Waals surface area contributed by atoms with Crippen LogP contribution in [0.3, 0.4) is 0 Å². The Morgan fingerprint density at radius 1 is 1.29 bits per heavy atom. The van der Waals surface area contributed by atoms with Gasteiger partial charge in [-0.1, -0.05) is 5.92 Å². The topological polar surface area (TPSA) is 80.7 Å². The number of aromatic nitrogens is 3. The van der Waals surface area contributed by atoms with Gasteiger partial charge in [0.15, 0.2) is 0 Å². The SMILES string of the molecule is Nc1ncnc2[nH]c(C#Cc3ccoc3)cc12. The van der Waals surface area contributed by atoms with Gasteiger partial charge in [0.05, 0.1) is 22.9 Å². The molecule has 0 aliphatic rings. The third kappa shape index (κ3) is 1.72. The summed E-state index contributed by atoms with van der Waals surface area (Å²) in [7, 11) is 0. The van der Waals surface area contributed by atoms with Gasteiger partial charge in [0.25, 0.3) is 0 Å². The molecular weight excluding hydrogens is 216 g/mol. The molecule has 0 amide bonds. The van der Waals surface area contributed by atoms with Gasteiger partial charge in [-0.15, -0.1) is 0 Å². The lowest BCUT2D eigenvalue weighted by molar-refractivity contribution is 0.566. The molecule has 0 atom stereocenters. The van der Waals surface area contributed by atoms with E-state index < -0.39 is 0 Å². The Hall–Kier alpha value is -2.74. The molecular formula is C12H8N4O. The fraction of sp³-hybridized carbons (Fsp3) is 0. The Morgan fingerprint density at radius 3 is 3.00 bits per heavy atom. The number of hydrogen-bond acceptors (Lipinski definition) is 4. The number of nitrogens with one attached hydrogen (secondary N) is 1. The van der Waals surface area contributed by atoms with Crippen LogP contribution in [0.25, 0.3) is 11.0 Å². The molecule has 0 aromatic carbocycles. The van der Waals surface area contributed by atoms with Gasteiger partial charge >= 0.3 is 0 Å². The number of nitrogens with two attached hydrogens (primary N) is 1. The first-order valence-electron chi connectivity index (χ1n) is 4.96. The van der Waals surface area contributed by atoms with Gasteiger partial charge in [-0.3, -0.25) is 0 Å². The second-order valence-corrected chi connectivity index (χ2v) is 3.47. The molecule has 3 N–H and O–H groups in total. The quantitative estimate of drug-likeness (QED) is 0.567. The smallest absolute Gasteiger partial charge is 0.143 e. The fourth-order valence-corrected chi connectivity index (χ4v) is 1.50. The highest BCUT2D eigenvalue weighted by molar-refractivity contribution is 5.87. The molecule has 3 rings (SSSR count). The van der Waals surface area contributed by atoms with Crippen molar-refractivity contribution in [3.63, 3.8) is 0 Å². The van der Waals surface area contributed by atoms with Crippen molar-refractivity contribution in [3.8, 4) is 11.8 Å². The lowest BCUT2D eigenvalue weighted by atomic mass is 10.3. The lowest BCUT2D eigenvalue weighted by Gasteiger charge is -1.90. The summed E-state index contributed by atoms with van der Waals surface area (Å²) in [5.74, 6) is 6.38.